The number of halogens is 2. The lowest BCUT2D eigenvalue weighted by molar-refractivity contribution is -0.0503. The zero-order valence-electron chi connectivity index (χ0n) is 22.9. The van der Waals surface area contributed by atoms with Crippen LogP contribution in [0.1, 0.15) is 17.0 Å². The highest BCUT2D eigenvalue weighted by atomic mass is 19.3. The van der Waals surface area contributed by atoms with Gasteiger partial charge in [-0.15, -0.1) is 0 Å². The summed E-state index contributed by atoms with van der Waals surface area (Å²) in [7, 11) is 0. The van der Waals surface area contributed by atoms with Crippen LogP contribution < -0.4 is 9.64 Å². The van der Waals surface area contributed by atoms with Crippen LogP contribution in [0.15, 0.2) is 66.0 Å². The van der Waals surface area contributed by atoms with Gasteiger partial charge in [0, 0.05) is 85.4 Å². The van der Waals surface area contributed by atoms with Gasteiger partial charge in [-0.05, 0) is 42.8 Å². The van der Waals surface area contributed by atoms with Crippen molar-refractivity contribution in [3.63, 3.8) is 0 Å². The van der Waals surface area contributed by atoms with E-state index in [9.17, 15) is 8.78 Å². The molecule has 4 heterocycles. The summed E-state index contributed by atoms with van der Waals surface area (Å²) in [4.78, 5) is 16.8. The van der Waals surface area contributed by atoms with Crippen molar-refractivity contribution in [2.75, 3.05) is 57.4 Å². The van der Waals surface area contributed by atoms with E-state index in [1.165, 1.54) is 0 Å². The fourth-order valence-electron chi connectivity index (χ4n) is 5.03. The highest BCUT2D eigenvalue weighted by Crippen LogP contribution is 2.27. The highest BCUT2D eigenvalue weighted by molar-refractivity contribution is 5.65. The van der Waals surface area contributed by atoms with Crippen LogP contribution in [-0.2, 0) is 11.2 Å². The molecular formula is C29H32F2N8O2. The second-order valence-electron chi connectivity index (χ2n) is 9.75. The Balaban J connectivity index is 1.24. The molecule has 0 amide bonds. The lowest BCUT2D eigenvalue weighted by Crippen LogP contribution is -2.47. The molecule has 0 spiro atoms. The Labute approximate surface area is 236 Å². The molecule has 0 saturated carbocycles. The number of benzene rings is 1. The number of ether oxygens (including phenoxy) is 2. The van der Waals surface area contributed by atoms with E-state index in [4.69, 9.17) is 20.0 Å². The average molecular weight is 563 g/mol. The van der Waals surface area contributed by atoms with Crippen LogP contribution in [0.5, 0.6) is 5.75 Å². The number of hydrogen-bond acceptors (Lipinski definition) is 7. The smallest absolute Gasteiger partial charge is 0.387 e. The summed E-state index contributed by atoms with van der Waals surface area (Å²) in [5, 5.41) is 3.47. The quantitative estimate of drug-likeness (QED) is 0.0999. The molecule has 1 aliphatic heterocycles. The average Bonchev–Trinajstić information content (AvgIpc) is 3.30. The zero-order valence-corrected chi connectivity index (χ0v) is 22.9. The number of alkyl halides is 2. The molecule has 5 rings (SSSR count). The van der Waals surface area contributed by atoms with E-state index in [0.29, 0.717) is 31.7 Å². The molecule has 1 saturated heterocycles. The first-order chi connectivity index (χ1) is 20.0. The lowest BCUT2D eigenvalue weighted by atomic mass is 10.1. The predicted octanol–water partition coefficient (Wildman–Crippen LogP) is 5.35. The van der Waals surface area contributed by atoms with E-state index in [2.05, 4.69) is 30.9 Å². The highest BCUT2D eigenvalue weighted by Gasteiger charge is 2.18. The van der Waals surface area contributed by atoms with E-state index in [1.807, 2.05) is 48.0 Å². The summed E-state index contributed by atoms with van der Waals surface area (Å²) in [5.74, 6) is 1.11. The summed E-state index contributed by atoms with van der Waals surface area (Å²) >= 11 is 0. The fraction of sp³-hybridized carbons (Fsp3) is 0.379. The SMILES string of the molecule is Cc1nc2ccc(-c3ccc(N4CCN(CCOCCN=[N+]=[N-])CC4)nc3)cn2c1Cc1ccccc1OC(F)F. The molecule has 0 atom stereocenters. The number of rotatable bonds is 12. The van der Waals surface area contributed by atoms with Crippen molar-refractivity contribution in [2.45, 2.75) is 20.0 Å². The minimum absolute atomic E-state index is 0.171. The van der Waals surface area contributed by atoms with Crippen molar-refractivity contribution in [1.82, 2.24) is 19.3 Å². The number of nitrogens with zero attached hydrogens (tertiary/aromatic N) is 8. The van der Waals surface area contributed by atoms with Crippen molar-refractivity contribution >= 4 is 11.5 Å². The third kappa shape index (κ3) is 7.10. The number of anilines is 1. The van der Waals surface area contributed by atoms with Crippen LogP contribution in [0.4, 0.5) is 14.6 Å². The van der Waals surface area contributed by atoms with Gasteiger partial charge >= 0.3 is 6.61 Å². The van der Waals surface area contributed by atoms with E-state index >= 15 is 0 Å². The van der Waals surface area contributed by atoms with Crippen molar-refractivity contribution in [2.24, 2.45) is 5.11 Å². The maximum Gasteiger partial charge on any atom is 0.387 e. The summed E-state index contributed by atoms with van der Waals surface area (Å²) in [6.07, 6.45) is 4.31. The molecule has 0 bridgehead atoms. The molecule has 0 aliphatic carbocycles. The summed E-state index contributed by atoms with van der Waals surface area (Å²) in [5.41, 5.74) is 13.5. The Kier molecular flexibility index (Phi) is 9.25. The van der Waals surface area contributed by atoms with Gasteiger partial charge in [-0.25, -0.2) is 9.97 Å². The van der Waals surface area contributed by atoms with E-state index in [0.717, 1.165) is 66.7 Å². The molecule has 0 N–H and O–H groups in total. The van der Waals surface area contributed by atoms with Gasteiger partial charge in [0.05, 0.1) is 18.9 Å². The van der Waals surface area contributed by atoms with Gasteiger partial charge in [0.15, 0.2) is 0 Å². The van der Waals surface area contributed by atoms with Gasteiger partial charge in [0.1, 0.15) is 17.2 Å². The number of pyridine rings is 2. The van der Waals surface area contributed by atoms with Gasteiger partial charge in [-0.3, -0.25) is 4.90 Å². The number of aromatic nitrogens is 3. The van der Waals surface area contributed by atoms with Gasteiger partial charge in [0.2, 0.25) is 0 Å². The lowest BCUT2D eigenvalue weighted by Gasteiger charge is -2.35. The number of aryl methyl sites for hydroxylation is 1. The normalized spacial score (nSPS) is 14.0. The minimum Gasteiger partial charge on any atom is -0.435 e. The fourth-order valence-corrected chi connectivity index (χ4v) is 5.03. The van der Waals surface area contributed by atoms with E-state index < -0.39 is 6.61 Å². The third-order valence-electron chi connectivity index (χ3n) is 7.19. The summed E-state index contributed by atoms with van der Waals surface area (Å²) in [6.45, 7) is 4.92. The molecule has 12 heteroatoms. The number of imidazole rings is 1. The number of azide groups is 1. The number of hydrogen-bond donors (Lipinski definition) is 0. The van der Waals surface area contributed by atoms with E-state index in [-0.39, 0.29) is 5.75 Å². The van der Waals surface area contributed by atoms with Crippen LogP contribution in [0.2, 0.25) is 0 Å². The van der Waals surface area contributed by atoms with E-state index in [1.54, 1.807) is 18.2 Å². The van der Waals surface area contributed by atoms with Gasteiger partial charge in [0.25, 0.3) is 0 Å². The zero-order chi connectivity index (χ0) is 28.6. The molecule has 41 heavy (non-hydrogen) atoms. The first kappa shape index (κ1) is 28.3. The Morgan fingerprint density at radius 3 is 2.59 bits per heavy atom. The molecule has 4 aromatic rings. The maximum atomic E-state index is 12.9. The Hall–Kier alpha value is -4.25. The number of para-hydroxylation sites is 1. The first-order valence-electron chi connectivity index (χ1n) is 13.5. The monoisotopic (exact) mass is 562 g/mol. The number of piperazine rings is 1. The maximum absolute atomic E-state index is 12.9. The van der Waals surface area contributed by atoms with Crippen LogP contribution in [0.3, 0.4) is 0 Å². The second kappa shape index (κ2) is 13.4. The molecule has 1 fully saturated rings. The topological polar surface area (TPSA) is 104 Å². The molecule has 0 unspecified atom stereocenters. The molecule has 3 aromatic heterocycles. The van der Waals surface area contributed by atoms with Gasteiger partial charge < -0.3 is 18.8 Å². The summed E-state index contributed by atoms with van der Waals surface area (Å²) < 4.78 is 38.2. The van der Waals surface area contributed by atoms with Crippen molar-refractivity contribution in [1.29, 1.82) is 0 Å². The number of fused-ring (bicyclic) bond motifs is 1. The predicted molar refractivity (Wildman–Crippen MR) is 153 cm³/mol. The molecule has 1 aromatic carbocycles. The largest absolute Gasteiger partial charge is 0.435 e. The molecule has 0 radical (unpaired) electrons. The minimum atomic E-state index is -2.88. The van der Waals surface area contributed by atoms with Gasteiger partial charge in [-0.2, -0.15) is 8.78 Å². The second-order valence-corrected chi connectivity index (χ2v) is 9.75. The van der Waals surface area contributed by atoms with Crippen LogP contribution in [-0.4, -0.2) is 78.4 Å². The van der Waals surface area contributed by atoms with Crippen LogP contribution in [0.25, 0.3) is 27.2 Å². The third-order valence-corrected chi connectivity index (χ3v) is 7.19. The van der Waals surface area contributed by atoms with Crippen molar-refractivity contribution in [3.05, 3.63) is 88.3 Å². The van der Waals surface area contributed by atoms with Crippen molar-refractivity contribution < 1.29 is 18.3 Å². The Bertz CT molecular complexity index is 1500. The molecular weight excluding hydrogens is 530 g/mol. The first-order valence-corrected chi connectivity index (χ1v) is 13.5. The van der Waals surface area contributed by atoms with Gasteiger partial charge in [-0.1, -0.05) is 23.3 Å². The van der Waals surface area contributed by atoms with Crippen molar-refractivity contribution in [3.8, 4) is 16.9 Å². The van der Waals surface area contributed by atoms with Crippen LogP contribution >= 0.6 is 0 Å². The standard InChI is InChI=1S/C29H32F2N8O2/c1-21-25(18-22-4-2-3-5-26(22)41-29(30)31)39-20-24(7-9-28(39)35-21)23-6-8-27(33-19-23)38-13-11-37(12-14-38)15-17-40-16-10-34-36-32/h2-9,19-20,29H,10-18H2,1H3. The molecule has 10 nitrogen and oxygen atoms in total. The van der Waals surface area contributed by atoms with Crippen LogP contribution in [0, 0.1) is 6.92 Å². The summed E-state index contributed by atoms with van der Waals surface area (Å²) in [6, 6.07) is 15.0. The molecule has 214 valence electrons. The Morgan fingerprint density at radius 1 is 1.02 bits per heavy atom. The molecule has 1 aliphatic rings. The Morgan fingerprint density at radius 2 is 1.83 bits per heavy atom.